The Bertz CT molecular complexity index is 756. The predicted octanol–water partition coefficient (Wildman–Crippen LogP) is 3.36. The van der Waals surface area contributed by atoms with Crippen LogP contribution >= 0.6 is 0 Å². The van der Waals surface area contributed by atoms with E-state index in [-0.39, 0.29) is 17.6 Å². The van der Waals surface area contributed by atoms with Crippen molar-refractivity contribution >= 4 is 11.8 Å². The molecule has 140 valence electrons. The normalized spacial score (nSPS) is 15.0. The molecule has 1 aliphatic rings. The lowest BCUT2D eigenvalue weighted by Crippen LogP contribution is -2.34. The Labute approximate surface area is 153 Å². The van der Waals surface area contributed by atoms with Gasteiger partial charge in [-0.2, -0.15) is 0 Å². The number of rotatable bonds is 6. The molecule has 0 unspecified atom stereocenters. The second kappa shape index (κ2) is 8.25. The highest BCUT2D eigenvalue weighted by Gasteiger charge is 2.22. The first-order chi connectivity index (χ1) is 12.6. The highest BCUT2D eigenvalue weighted by molar-refractivity contribution is 5.95. The van der Waals surface area contributed by atoms with E-state index in [0.717, 1.165) is 17.0 Å². The molecule has 2 amide bonds. The van der Waals surface area contributed by atoms with E-state index in [2.05, 4.69) is 22.1 Å². The molecule has 3 rings (SSSR count). The van der Waals surface area contributed by atoms with E-state index in [1.807, 2.05) is 13.0 Å². The summed E-state index contributed by atoms with van der Waals surface area (Å²) in [6.07, 6.45) is 7.68. The van der Waals surface area contributed by atoms with Crippen molar-refractivity contribution in [2.75, 3.05) is 13.1 Å². The number of nitrogens with zero attached hydrogens (tertiary/aromatic N) is 1. The van der Waals surface area contributed by atoms with Gasteiger partial charge in [0.2, 0.25) is 0 Å². The van der Waals surface area contributed by atoms with Crippen LogP contribution in [0.2, 0.25) is 0 Å². The van der Waals surface area contributed by atoms with Gasteiger partial charge in [0, 0.05) is 30.5 Å². The number of carbonyl (C=O) groups excluding carboxylic acids is 2. The lowest BCUT2D eigenvalue weighted by atomic mass is 9.95. The van der Waals surface area contributed by atoms with Crippen molar-refractivity contribution in [3.8, 4) is 0 Å². The summed E-state index contributed by atoms with van der Waals surface area (Å²) in [4.78, 5) is 24.3. The van der Waals surface area contributed by atoms with Crippen LogP contribution in [0.5, 0.6) is 0 Å². The number of hydrogen-bond acceptors (Lipinski definition) is 3. The molecule has 2 aromatic rings. The van der Waals surface area contributed by atoms with Gasteiger partial charge in [-0.3, -0.25) is 9.59 Å². The fourth-order valence-electron chi connectivity index (χ4n) is 3.85. The molecule has 6 heteroatoms. The second-order valence-corrected chi connectivity index (χ2v) is 6.94. The van der Waals surface area contributed by atoms with Gasteiger partial charge in [0.1, 0.15) is 0 Å². The van der Waals surface area contributed by atoms with Gasteiger partial charge in [-0.05, 0) is 44.9 Å². The largest absolute Gasteiger partial charge is 0.459 e. The van der Waals surface area contributed by atoms with Gasteiger partial charge in [-0.15, -0.1) is 0 Å². The number of carbonyl (C=O) groups is 2. The first kappa shape index (κ1) is 18.3. The molecule has 0 spiro atoms. The topological polar surface area (TPSA) is 76.3 Å². The Kier molecular flexibility index (Phi) is 5.81. The van der Waals surface area contributed by atoms with Gasteiger partial charge < -0.3 is 19.6 Å². The van der Waals surface area contributed by atoms with E-state index < -0.39 is 0 Å². The fourth-order valence-corrected chi connectivity index (χ4v) is 3.85. The van der Waals surface area contributed by atoms with Crippen LogP contribution in [-0.2, 0) is 0 Å². The molecule has 0 bridgehead atoms. The van der Waals surface area contributed by atoms with E-state index in [9.17, 15) is 9.59 Å². The maximum Gasteiger partial charge on any atom is 0.287 e. The molecule has 2 N–H and O–H groups in total. The van der Waals surface area contributed by atoms with E-state index >= 15 is 0 Å². The highest BCUT2D eigenvalue weighted by Crippen LogP contribution is 2.32. The summed E-state index contributed by atoms with van der Waals surface area (Å²) >= 11 is 0. The smallest absolute Gasteiger partial charge is 0.287 e. The number of nitrogens with one attached hydrogen (secondary N) is 2. The van der Waals surface area contributed by atoms with Crippen molar-refractivity contribution in [3.05, 3.63) is 47.2 Å². The average Bonchev–Trinajstić information content (AvgIpc) is 3.27. The van der Waals surface area contributed by atoms with E-state index in [1.54, 1.807) is 12.1 Å². The molecule has 1 fully saturated rings. The van der Waals surface area contributed by atoms with E-state index in [0.29, 0.717) is 19.1 Å². The molecule has 1 aliphatic carbocycles. The van der Waals surface area contributed by atoms with Crippen LogP contribution in [0.3, 0.4) is 0 Å². The second-order valence-electron chi connectivity index (χ2n) is 6.94. The van der Waals surface area contributed by atoms with E-state index in [4.69, 9.17) is 4.42 Å². The van der Waals surface area contributed by atoms with Crippen LogP contribution in [0.4, 0.5) is 0 Å². The molecule has 0 aliphatic heterocycles. The van der Waals surface area contributed by atoms with Gasteiger partial charge >= 0.3 is 0 Å². The first-order valence-electron chi connectivity index (χ1n) is 9.36. The maximum absolute atomic E-state index is 12.5. The zero-order valence-electron chi connectivity index (χ0n) is 15.5. The number of furan rings is 1. The maximum atomic E-state index is 12.5. The quantitative estimate of drug-likeness (QED) is 0.778. The average molecular weight is 357 g/mol. The molecule has 6 nitrogen and oxygen atoms in total. The van der Waals surface area contributed by atoms with Crippen molar-refractivity contribution in [2.45, 2.75) is 52.0 Å². The lowest BCUT2D eigenvalue weighted by Gasteiger charge is -2.26. The summed E-state index contributed by atoms with van der Waals surface area (Å²) in [5, 5.41) is 5.61. The molecule has 2 aromatic heterocycles. The van der Waals surface area contributed by atoms with Crippen LogP contribution < -0.4 is 10.6 Å². The van der Waals surface area contributed by atoms with Crippen molar-refractivity contribution < 1.29 is 14.0 Å². The molecular weight excluding hydrogens is 330 g/mol. The highest BCUT2D eigenvalue weighted by atomic mass is 16.3. The number of aromatic nitrogens is 1. The lowest BCUT2D eigenvalue weighted by molar-refractivity contribution is 0.0910. The van der Waals surface area contributed by atoms with Crippen LogP contribution in [0.15, 0.2) is 28.9 Å². The molecule has 26 heavy (non-hydrogen) atoms. The minimum absolute atomic E-state index is 0.0904. The summed E-state index contributed by atoms with van der Waals surface area (Å²) in [6, 6.07) is 5.76. The molecule has 0 radical (unpaired) electrons. The molecule has 1 saturated carbocycles. The van der Waals surface area contributed by atoms with Crippen molar-refractivity contribution in [2.24, 2.45) is 0 Å². The third-order valence-corrected chi connectivity index (χ3v) is 5.11. The van der Waals surface area contributed by atoms with Crippen molar-refractivity contribution in [3.63, 3.8) is 0 Å². The summed E-state index contributed by atoms with van der Waals surface area (Å²) in [6.45, 7) is 4.82. The Hall–Kier alpha value is -2.50. The minimum atomic E-state index is -0.278. The summed E-state index contributed by atoms with van der Waals surface area (Å²) < 4.78 is 7.36. The molecule has 0 saturated heterocycles. The van der Waals surface area contributed by atoms with Crippen molar-refractivity contribution in [1.82, 2.24) is 15.2 Å². The zero-order chi connectivity index (χ0) is 18.5. The molecule has 0 aromatic carbocycles. The zero-order valence-corrected chi connectivity index (χ0v) is 15.5. The third kappa shape index (κ3) is 4.00. The Morgan fingerprint density at radius 3 is 2.46 bits per heavy atom. The minimum Gasteiger partial charge on any atom is -0.459 e. The van der Waals surface area contributed by atoms with E-state index in [1.165, 1.54) is 38.4 Å². The Morgan fingerprint density at radius 2 is 1.81 bits per heavy atom. The first-order valence-corrected chi connectivity index (χ1v) is 9.36. The van der Waals surface area contributed by atoms with Gasteiger partial charge in [-0.1, -0.05) is 19.3 Å². The van der Waals surface area contributed by atoms with Crippen LogP contribution in [0.25, 0.3) is 0 Å². The summed E-state index contributed by atoms with van der Waals surface area (Å²) in [5.74, 6) is -0.0977. The Balaban J connectivity index is 1.54. The van der Waals surface area contributed by atoms with Gasteiger partial charge in [0.25, 0.3) is 11.8 Å². The molecule has 2 heterocycles. The predicted molar refractivity (Wildman–Crippen MR) is 99.4 cm³/mol. The monoisotopic (exact) mass is 357 g/mol. The van der Waals surface area contributed by atoms with Crippen LogP contribution in [-0.4, -0.2) is 29.5 Å². The van der Waals surface area contributed by atoms with Gasteiger partial charge in [0.05, 0.1) is 11.8 Å². The Morgan fingerprint density at radius 1 is 1.12 bits per heavy atom. The van der Waals surface area contributed by atoms with Crippen LogP contribution in [0.1, 0.15) is 70.4 Å². The summed E-state index contributed by atoms with van der Waals surface area (Å²) in [5.41, 5.74) is 2.91. The van der Waals surface area contributed by atoms with Crippen molar-refractivity contribution in [1.29, 1.82) is 0 Å². The number of aryl methyl sites for hydroxylation is 1. The summed E-state index contributed by atoms with van der Waals surface area (Å²) in [7, 11) is 0. The third-order valence-electron chi connectivity index (χ3n) is 5.11. The molecular formula is C20H27N3O3. The van der Waals surface area contributed by atoms with Crippen LogP contribution in [0, 0.1) is 13.8 Å². The fraction of sp³-hybridized carbons (Fsp3) is 0.500. The van der Waals surface area contributed by atoms with Gasteiger partial charge in [0.15, 0.2) is 5.76 Å². The SMILES string of the molecule is Cc1cc(C(=O)NCCNC(=O)c2ccco2)c(C)n1C1CCCCC1. The standard InChI is InChI=1S/C20H27N3O3/c1-14-13-17(15(2)23(14)16-7-4-3-5-8-16)19(24)21-10-11-22-20(25)18-9-6-12-26-18/h6,9,12-13,16H,3-5,7-8,10-11H2,1-2H3,(H,21,24)(H,22,25). The molecule has 0 atom stereocenters. The number of hydrogen-bond donors (Lipinski definition) is 2. The van der Waals surface area contributed by atoms with Gasteiger partial charge in [-0.25, -0.2) is 0 Å². The number of amides is 2.